The van der Waals surface area contributed by atoms with Crippen molar-refractivity contribution in [1.82, 2.24) is 10.2 Å². The van der Waals surface area contributed by atoms with Gasteiger partial charge in [-0.05, 0) is 50.7 Å². The Bertz CT molecular complexity index is 472. The summed E-state index contributed by atoms with van der Waals surface area (Å²) in [6.07, 6.45) is 0. The van der Waals surface area contributed by atoms with E-state index in [9.17, 15) is 0 Å². The molecule has 0 saturated carbocycles. The zero-order valence-corrected chi connectivity index (χ0v) is 12.1. The Morgan fingerprint density at radius 1 is 1.33 bits per heavy atom. The number of nitrogen functional groups attached to an aromatic ring is 1. The molecule has 0 atom stereocenters. The highest BCUT2D eigenvalue weighted by atomic mass is 127. The SMILES string of the molecule is Cl.Nc1cc(-c2ccc(I)c(Br)c2)[nH]n1. The molecule has 0 aliphatic heterocycles. The number of H-pyrrole nitrogens is 1. The Hall–Kier alpha value is -0.270. The van der Waals surface area contributed by atoms with Crippen LogP contribution < -0.4 is 5.73 Å². The highest BCUT2D eigenvalue weighted by Gasteiger charge is 2.03. The van der Waals surface area contributed by atoms with E-state index in [0.717, 1.165) is 15.7 Å². The second-order valence-corrected chi connectivity index (χ2v) is 4.85. The number of aromatic amines is 1. The first-order valence-corrected chi connectivity index (χ1v) is 5.80. The summed E-state index contributed by atoms with van der Waals surface area (Å²) in [6, 6.07) is 7.92. The van der Waals surface area contributed by atoms with Gasteiger partial charge in [0.15, 0.2) is 0 Å². The highest BCUT2D eigenvalue weighted by molar-refractivity contribution is 14.1. The molecule has 1 heterocycles. The first kappa shape index (κ1) is 12.8. The van der Waals surface area contributed by atoms with Gasteiger partial charge in [0.1, 0.15) is 5.82 Å². The van der Waals surface area contributed by atoms with Crippen LogP contribution in [-0.2, 0) is 0 Å². The lowest BCUT2D eigenvalue weighted by Crippen LogP contribution is -1.81. The van der Waals surface area contributed by atoms with E-state index in [1.165, 1.54) is 3.57 Å². The molecule has 2 aromatic rings. The van der Waals surface area contributed by atoms with Crippen LogP contribution in [0.15, 0.2) is 28.7 Å². The molecule has 0 amide bonds. The Morgan fingerprint density at radius 3 is 2.60 bits per heavy atom. The van der Waals surface area contributed by atoms with Gasteiger partial charge < -0.3 is 5.73 Å². The highest BCUT2D eigenvalue weighted by Crippen LogP contribution is 2.26. The molecule has 0 saturated heterocycles. The smallest absolute Gasteiger partial charge is 0.145 e. The number of hydrogen-bond acceptors (Lipinski definition) is 2. The van der Waals surface area contributed by atoms with Crippen molar-refractivity contribution in [3.63, 3.8) is 0 Å². The fraction of sp³-hybridized carbons (Fsp3) is 0. The molecule has 0 fully saturated rings. The van der Waals surface area contributed by atoms with Gasteiger partial charge in [-0.15, -0.1) is 12.4 Å². The normalized spacial score (nSPS) is 9.73. The minimum atomic E-state index is 0. The van der Waals surface area contributed by atoms with E-state index in [2.05, 4.69) is 48.7 Å². The van der Waals surface area contributed by atoms with Crippen LogP contribution in [0, 0.1) is 3.57 Å². The summed E-state index contributed by atoms with van der Waals surface area (Å²) >= 11 is 5.75. The van der Waals surface area contributed by atoms with Crippen molar-refractivity contribution in [3.05, 3.63) is 32.3 Å². The Balaban J connectivity index is 0.00000112. The molecule has 1 aromatic carbocycles. The van der Waals surface area contributed by atoms with Crippen molar-refractivity contribution in [2.45, 2.75) is 0 Å². The lowest BCUT2D eigenvalue weighted by atomic mass is 10.2. The minimum Gasteiger partial charge on any atom is -0.382 e. The topological polar surface area (TPSA) is 54.7 Å². The fourth-order valence-electron chi connectivity index (χ4n) is 1.15. The molecule has 3 nitrogen and oxygen atoms in total. The number of rotatable bonds is 1. The van der Waals surface area contributed by atoms with Crippen LogP contribution in [-0.4, -0.2) is 10.2 Å². The van der Waals surface area contributed by atoms with Gasteiger partial charge in [0.2, 0.25) is 0 Å². The largest absolute Gasteiger partial charge is 0.382 e. The molecule has 2 rings (SSSR count). The summed E-state index contributed by atoms with van der Waals surface area (Å²) in [6.45, 7) is 0. The van der Waals surface area contributed by atoms with Gasteiger partial charge in [-0.25, -0.2) is 0 Å². The lowest BCUT2D eigenvalue weighted by Gasteiger charge is -1.99. The van der Waals surface area contributed by atoms with Crippen LogP contribution in [0.25, 0.3) is 11.3 Å². The van der Waals surface area contributed by atoms with E-state index < -0.39 is 0 Å². The molecule has 0 radical (unpaired) electrons. The average molecular weight is 400 g/mol. The quantitative estimate of drug-likeness (QED) is 0.721. The summed E-state index contributed by atoms with van der Waals surface area (Å²) in [5.41, 5.74) is 7.53. The van der Waals surface area contributed by atoms with Crippen LogP contribution in [0.4, 0.5) is 5.82 Å². The Labute approximate surface area is 116 Å². The second kappa shape index (κ2) is 5.18. The standard InChI is InChI=1S/C9H7BrIN3.ClH/c10-6-3-5(1-2-7(6)11)8-4-9(12)14-13-8;/h1-4H,(H3,12,13,14);1H. The fourth-order valence-corrected chi connectivity index (χ4v) is 1.86. The Morgan fingerprint density at radius 2 is 2.07 bits per heavy atom. The van der Waals surface area contributed by atoms with Crippen molar-refractivity contribution in [1.29, 1.82) is 0 Å². The van der Waals surface area contributed by atoms with Crippen molar-refractivity contribution in [2.24, 2.45) is 0 Å². The third-order valence-corrected chi connectivity index (χ3v) is 4.17. The van der Waals surface area contributed by atoms with E-state index in [-0.39, 0.29) is 12.4 Å². The summed E-state index contributed by atoms with van der Waals surface area (Å²) in [5.74, 6) is 0.509. The second-order valence-electron chi connectivity index (χ2n) is 2.84. The van der Waals surface area contributed by atoms with Crippen LogP contribution >= 0.6 is 50.9 Å². The predicted octanol–water partition coefficient (Wildman–Crippen LogP) is 3.45. The number of anilines is 1. The molecular formula is C9H8BrClIN3. The van der Waals surface area contributed by atoms with Gasteiger partial charge in [0.05, 0.1) is 5.69 Å². The van der Waals surface area contributed by atoms with Crippen LogP contribution in [0.2, 0.25) is 0 Å². The molecule has 15 heavy (non-hydrogen) atoms. The van der Waals surface area contributed by atoms with Gasteiger partial charge in [-0.2, -0.15) is 5.10 Å². The van der Waals surface area contributed by atoms with Gasteiger partial charge in [-0.1, -0.05) is 6.07 Å². The molecule has 0 unspecified atom stereocenters. The summed E-state index contributed by atoms with van der Waals surface area (Å²) in [7, 11) is 0. The maximum Gasteiger partial charge on any atom is 0.145 e. The summed E-state index contributed by atoms with van der Waals surface area (Å²) in [5, 5.41) is 6.75. The van der Waals surface area contributed by atoms with Gasteiger partial charge in [-0.3, -0.25) is 5.10 Å². The maximum absolute atomic E-state index is 5.53. The number of nitrogens with two attached hydrogens (primary N) is 1. The van der Waals surface area contributed by atoms with Crippen molar-refractivity contribution >= 4 is 56.7 Å². The summed E-state index contributed by atoms with van der Waals surface area (Å²) in [4.78, 5) is 0. The predicted molar refractivity (Wildman–Crippen MR) is 76.1 cm³/mol. The van der Waals surface area contributed by atoms with Gasteiger partial charge in [0.25, 0.3) is 0 Å². The first-order valence-electron chi connectivity index (χ1n) is 3.93. The number of aromatic nitrogens is 2. The monoisotopic (exact) mass is 399 g/mol. The number of hydrogen-bond donors (Lipinski definition) is 2. The number of nitrogens with one attached hydrogen (secondary N) is 1. The third kappa shape index (κ3) is 2.85. The number of nitrogens with zero attached hydrogens (tertiary/aromatic N) is 1. The molecule has 3 N–H and O–H groups in total. The van der Waals surface area contributed by atoms with Crippen LogP contribution in [0.5, 0.6) is 0 Å². The van der Waals surface area contributed by atoms with E-state index in [1.807, 2.05) is 24.3 Å². The lowest BCUT2D eigenvalue weighted by molar-refractivity contribution is 1.10. The van der Waals surface area contributed by atoms with Crippen molar-refractivity contribution < 1.29 is 0 Å². The number of benzene rings is 1. The number of halogens is 3. The first-order chi connectivity index (χ1) is 6.66. The molecule has 0 bridgehead atoms. The minimum absolute atomic E-state index is 0. The molecule has 0 aliphatic carbocycles. The third-order valence-electron chi connectivity index (χ3n) is 1.83. The van der Waals surface area contributed by atoms with Crippen LogP contribution in [0.1, 0.15) is 0 Å². The van der Waals surface area contributed by atoms with E-state index in [1.54, 1.807) is 0 Å². The van der Waals surface area contributed by atoms with E-state index >= 15 is 0 Å². The maximum atomic E-state index is 5.53. The zero-order valence-electron chi connectivity index (χ0n) is 7.50. The molecule has 0 spiro atoms. The summed E-state index contributed by atoms with van der Waals surface area (Å²) < 4.78 is 2.25. The Kier molecular flexibility index (Phi) is 4.42. The average Bonchev–Trinajstić information content (AvgIpc) is 2.57. The zero-order chi connectivity index (χ0) is 10.1. The van der Waals surface area contributed by atoms with Crippen LogP contribution in [0.3, 0.4) is 0 Å². The molecule has 1 aromatic heterocycles. The van der Waals surface area contributed by atoms with Gasteiger partial charge >= 0.3 is 0 Å². The van der Waals surface area contributed by atoms with E-state index in [4.69, 9.17) is 5.73 Å². The van der Waals surface area contributed by atoms with Crippen molar-refractivity contribution in [2.75, 3.05) is 5.73 Å². The van der Waals surface area contributed by atoms with Crippen molar-refractivity contribution in [3.8, 4) is 11.3 Å². The molecule has 80 valence electrons. The van der Waals surface area contributed by atoms with E-state index in [0.29, 0.717) is 5.82 Å². The molecule has 6 heteroatoms. The van der Waals surface area contributed by atoms with Gasteiger partial charge in [0, 0.05) is 19.7 Å². The molecule has 0 aliphatic rings. The molecular weight excluding hydrogens is 392 g/mol.